The lowest BCUT2D eigenvalue weighted by Crippen LogP contribution is -2.00. The van der Waals surface area contributed by atoms with Crippen molar-refractivity contribution in [3.8, 4) is 5.88 Å². The van der Waals surface area contributed by atoms with E-state index in [-0.39, 0.29) is 0 Å². The molecule has 0 spiro atoms. The van der Waals surface area contributed by atoms with Crippen molar-refractivity contribution in [1.29, 1.82) is 0 Å². The number of rotatable bonds is 1. The Hall–Kier alpha value is -1.12. The van der Waals surface area contributed by atoms with Crippen molar-refractivity contribution in [1.82, 2.24) is 9.97 Å². The largest absolute Gasteiger partial charge is 0.481 e. The van der Waals surface area contributed by atoms with Crippen LogP contribution in [0.2, 0.25) is 0 Å². The molecule has 1 aromatic heterocycles. The molecule has 0 bridgehead atoms. The van der Waals surface area contributed by atoms with Crippen molar-refractivity contribution in [3.63, 3.8) is 0 Å². The molecular weight excluding hydrogens is 152 g/mol. The average Bonchev–Trinajstić information content (AvgIpc) is 2.50. The number of aryl methyl sites for hydroxylation is 2. The Kier molecular flexibility index (Phi) is 1.71. The number of hydrogen-bond acceptors (Lipinski definition) is 3. The maximum Gasteiger partial charge on any atom is 0.219 e. The number of aromatic nitrogens is 2. The fourth-order valence-corrected chi connectivity index (χ4v) is 1.69. The molecule has 0 unspecified atom stereocenters. The van der Waals surface area contributed by atoms with Crippen LogP contribution in [-0.2, 0) is 12.8 Å². The lowest BCUT2D eigenvalue weighted by molar-refractivity contribution is 0.390. The molecule has 0 N–H and O–H groups in total. The Labute approximate surface area is 71.8 Å². The number of nitrogens with zero attached hydrogens (tertiary/aromatic N) is 2. The molecule has 0 aromatic carbocycles. The van der Waals surface area contributed by atoms with Crippen LogP contribution in [0.4, 0.5) is 0 Å². The Balaban J connectivity index is 2.55. The number of fused-ring (bicyclic) bond motifs is 1. The summed E-state index contributed by atoms with van der Waals surface area (Å²) in [5, 5.41) is 0. The highest BCUT2D eigenvalue weighted by Gasteiger charge is 2.18. The van der Waals surface area contributed by atoms with E-state index in [1.807, 2.05) is 6.92 Å². The summed E-state index contributed by atoms with van der Waals surface area (Å²) in [7, 11) is 1.67. The third kappa shape index (κ3) is 1.05. The quantitative estimate of drug-likeness (QED) is 0.627. The summed E-state index contributed by atoms with van der Waals surface area (Å²) in [5.41, 5.74) is 2.39. The summed E-state index contributed by atoms with van der Waals surface area (Å²) in [5.74, 6) is 1.59. The average molecular weight is 164 g/mol. The molecule has 0 atom stereocenters. The predicted molar refractivity (Wildman–Crippen MR) is 45.3 cm³/mol. The first kappa shape index (κ1) is 7.53. The first-order valence-corrected chi connectivity index (χ1v) is 4.21. The van der Waals surface area contributed by atoms with Gasteiger partial charge in [0.1, 0.15) is 5.82 Å². The van der Waals surface area contributed by atoms with E-state index in [4.69, 9.17) is 4.74 Å². The molecule has 3 heteroatoms. The van der Waals surface area contributed by atoms with E-state index in [0.29, 0.717) is 0 Å². The van der Waals surface area contributed by atoms with Crippen LogP contribution in [0.15, 0.2) is 0 Å². The van der Waals surface area contributed by atoms with Crippen LogP contribution in [0, 0.1) is 6.92 Å². The standard InChI is InChI=1S/C9H12N2O/c1-6-10-8-5-3-4-7(8)9(11-6)12-2/h3-5H2,1-2H3. The molecule has 0 aliphatic heterocycles. The molecule has 0 fully saturated rings. The maximum absolute atomic E-state index is 5.19. The summed E-state index contributed by atoms with van der Waals surface area (Å²) in [6, 6.07) is 0. The van der Waals surface area contributed by atoms with Crippen molar-refractivity contribution in [2.75, 3.05) is 7.11 Å². The fourth-order valence-electron chi connectivity index (χ4n) is 1.69. The van der Waals surface area contributed by atoms with Gasteiger partial charge in [-0.15, -0.1) is 0 Å². The molecule has 3 nitrogen and oxygen atoms in total. The van der Waals surface area contributed by atoms with Crippen molar-refractivity contribution in [3.05, 3.63) is 17.1 Å². The highest BCUT2D eigenvalue weighted by Crippen LogP contribution is 2.27. The minimum atomic E-state index is 0.773. The van der Waals surface area contributed by atoms with E-state index < -0.39 is 0 Å². The zero-order chi connectivity index (χ0) is 8.55. The second-order valence-electron chi connectivity index (χ2n) is 3.06. The summed E-state index contributed by atoms with van der Waals surface area (Å²) in [6.45, 7) is 1.90. The van der Waals surface area contributed by atoms with E-state index in [2.05, 4.69) is 9.97 Å². The Morgan fingerprint density at radius 1 is 1.25 bits per heavy atom. The van der Waals surface area contributed by atoms with Crippen LogP contribution in [0.5, 0.6) is 5.88 Å². The van der Waals surface area contributed by atoms with Crippen LogP contribution in [0.25, 0.3) is 0 Å². The molecule has 1 heterocycles. The van der Waals surface area contributed by atoms with Gasteiger partial charge in [-0.25, -0.2) is 4.98 Å². The van der Waals surface area contributed by atoms with Gasteiger partial charge in [-0.2, -0.15) is 4.98 Å². The minimum Gasteiger partial charge on any atom is -0.481 e. The van der Waals surface area contributed by atoms with Crippen LogP contribution in [0.3, 0.4) is 0 Å². The molecule has 64 valence electrons. The van der Waals surface area contributed by atoms with Gasteiger partial charge < -0.3 is 4.74 Å². The van der Waals surface area contributed by atoms with Crippen molar-refractivity contribution < 1.29 is 4.74 Å². The summed E-state index contributed by atoms with van der Waals surface area (Å²) >= 11 is 0. The number of ether oxygens (including phenoxy) is 1. The lowest BCUT2D eigenvalue weighted by Gasteiger charge is -2.05. The van der Waals surface area contributed by atoms with Gasteiger partial charge in [0.2, 0.25) is 5.88 Å². The Bertz CT molecular complexity index is 310. The molecule has 0 saturated carbocycles. The molecule has 2 rings (SSSR count). The molecular formula is C9H12N2O. The van der Waals surface area contributed by atoms with Gasteiger partial charge >= 0.3 is 0 Å². The van der Waals surface area contributed by atoms with Gasteiger partial charge in [0.05, 0.1) is 12.8 Å². The summed E-state index contributed by atoms with van der Waals surface area (Å²) in [4.78, 5) is 8.60. The van der Waals surface area contributed by atoms with E-state index >= 15 is 0 Å². The monoisotopic (exact) mass is 164 g/mol. The number of methoxy groups -OCH3 is 1. The molecule has 0 amide bonds. The Morgan fingerprint density at radius 2 is 2.08 bits per heavy atom. The fraction of sp³-hybridized carbons (Fsp3) is 0.556. The first-order chi connectivity index (χ1) is 5.81. The SMILES string of the molecule is COc1nc(C)nc2c1CCC2. The van der Waals surface area contributed by atoms with Gasteiger partial charge in [0, 0.05) is 5.56 Å². The smallest absolute Gasteiger partial charge is 0.219 e. The van der Waals surface area contributed by atoms with Crippen molar-refractivity contribution in [2.24, 2.45) is 0 Å². The van der Waals surface area contributed by atoms with Crippen molar-refractivity contribution in [2.45, 2.75) is 26.2 Å². The van der Waals surface area contributed by atoms with E-state index in [1.54, 1.807) is 7.11 Å². The van der Waals surface area contributed by atoms with E-state index in [1.165, 1.54) is 17.7 Å². The van der Waals surface area contributed by atoms with E-state index in [0.717, 1.165) is 24.5 Å². The van der Waals surface area contributed by atoms with Gasteiger partial charge in [0.15, 0.2) is 0 Å². The molecule has 1 aromatic rings. The predicted octanol–water partition coefficient (Wildman–Crippen LogP) is 1.28. The maximum atomic E-state index is 5.19. The molecule has 12 heavy (non-hydrogen) atoms. The number of hydrogen-bond donors (Lipinski definition) is 0. The van der Waals surface area contributed by atoms with Gasteiger partial charge in [-0.3, -0.25) is 0 Å². The molecule has 1 aliphatic rings. The summed E-state index contributed by atoms with van der Waals surface area (Å²) < 4.78 is 5.19. The third-order valence-electron chi connectivity index (χ3n) is 2.20. The van der Waals surface area contributed by atoms with Gasteiger partial charge in [0.25, 0.3) is 0 Å². The molecule has 0 radical (unpaired) electrons. The van der Waals surface area contributed by atoms with Crippen LogP contribution < -0.4 is 4.74 Å². The normalized spacial score (nSPS) is 14.5. The summed E-state index contributed by atoms with van der Waals surface area (Å²) in [6.07, 6.45) is 3.33. The van der Waals surface area contributed by atoms with Crippen LogP contribution >= 0.6 is 0 Å². The van der Waals surface area contributed by atoms with E-state index in [9.17, 15) is 0 Å². The van der Waals surface area contributed by atoms with Crippen molar-refractivity contribution >= 4 is 0 Å². The topological polar surface area (TPSA) is 35.0 Å². The molecule has 0 saturated heterocycles. The zero-order valence-electron chi connectivity index (χ0n) is 7.42. The first-order valence-electron chi connectivity index (χ1n) is 4.21. The Morgan fingerprint density at radius 3 is 2.83 bits per heavy atom. The third-order valence-corrected chi connectivity index (χ3v) is 2.20. The highest BCUT2D eigenvalue weighted by atomic mass is 16.5. The lowest BCUT2D eigenvalue weighted by atomic mass is 10.2. The second-order valence-corrected chi connectivity index (χ2v) is 3.06. The van der Waals surface area contributed by atoms with Crippen LogP contribution in [-0.4, -0.2) is 17.1 Å². The second kappa shape index (κ2) is 2.73. The minimum absolute atomic E-state index is 0.773. The van der Waals surface area contributed by atoms with Crippen LogP contribution in [0.1, 0.15) is 23.5 Å². The van der Waals surface area contributed by atoms with Gasteiger partial charge in [-0.05, 0) is 26.2 Å². The highest BCUT2D eigenvalue weighted by molar-refractivity contribution is 5.34. The van der Waals surface area contributed by atoms with Gasteiger partial charge in [-0.1, -0.05) is 0 Å². The molecule has 1 aliphatic carbocycles. The zero-order valence-corrected chi connectivity index (χ0v) is 7.42.